The van der Waals surface area contributed by atoms with Crippen molar-refractivity contribution in [3.63, 3.8) is 0 Å². The molecule has 0 saturated carbocycles. The molecule has 26 heavy (non-hydrogen) atoms. The lowest BCUT2D eigenvalue weighted by atomic mass is 9.92. The van der Waals surface area contributed by atoms with Gasteiger partial charge in [0.1, 0.15) is 5.75 Å². The molecular weight excluding hydrogens is 346 g/mol. The van der Waals surface area contributed by atoms with Crippen LogP contribution in [-0.4, -0.2) is 45.8 Å². The van der Waals surface area contributed by atoms with Gasteiger partial charge in [-0.25, -0.2) is 4.98 Å². The molecule has 0 radical (unpaired) electrons. The smallest absolute Gasteiger partial charge is 0.235 e. The minimum atomic E-state index is -0.160. The van der Waals surface area contributed by atoms with Crippen molar-refractivity contribution >= 4 is 17.7 Å². The van der Waals surface area contributed by atoms with E-state index in [2.05, 4.69) is 18.8 Å². The summed E-state index contributed by atoms with van der Waals surface area (Å²) in [6.45, 7) is 8.15. The summed E-state index contributed by atoms with van der Waals surface area (Å²) >= 11 is 1.52. The third-order valence-electron chi connectivity index (χ3n) is 4.77. The maximum atomic E-state index is 12.9. The number of rotatable bonds is 5. The number of benzene rings is 1. The Kier molecular flexibility index (Phi) is 5.91. The second kappa shape index (κ2) is 8.16. The maximum absolute atomic E-state index is 12.9. The van der Waals surface area contributed by atoms with Crippen LogP contribution in [0.15, 0.2) is 41.8 Å². The molecule has 1 aliphatic heterocycles. The van der Waals surface area contributed by atoms with E-state index in [9.17, 15) is 4.79 Å². The number of nitrogens with zero attached hydrogens (tertiary/aromatic N) is 3. The standard InChI is InChI=1S/C20H27N3O2S/c1-14-11-15(2)13-22(12-14)19(24)16(3)26-20-21-9-10-23(20)17-5-7-18(25-4)8-6-17/h5-10,14-16H,11-13H2,1-4H3. The average molecular weight is 374 g/mol. The van der Waals surface area contributed by atoms with Gasteiger partial charge in [0.05, 0.1) is 12.4 Å². The van der Waals surface area contributed by atoms with E-state index in [0.29, 0.717) is 11.8 Å². The van der Waals surface area contributed by atoms with Crippen LogP contribution >= 0.6 is 11.8 Å². The van der Waals surface area contributed by atoms with Gasteiger partial charge in [-0.15, -0.1) is 0 Å². The topological polar surface area (TPSA) is 47.4 Å². The van der Waals surface area contributed by atoms with Crippen molar-refractivity contribution in [3.8, 4) is 11.4 Å². The largest absolute Gasteiger partial charge is 0.497 e. The summed E-state index contributed by atoms with van der Waals surface area (Å²) in [5, 5.41) is 0.668. The molecule has 1 aliphatic rings. The number of thioether (sulfide) groups is 1. The Morgan fingerprint density at radius 3 is 2.50 bits per heavy atom. The molecule has 0 aliphatic carbocycles. The molecule has 5 nitrogen and oxygen atoms in total. The van der Waals surface area contributed by atoms with E-state index in [4.69, 9.17) is 4.74 Å². The van der Waals surface area contributed by atoms with Gasteiger partial charge in [0, 0.05) is 31.2 Å². The Balaban J connectivity index is 1.70. The van der Waals surface area contributed by atoms with E-state index >= 15 is 0 Å². The molecule has 3 rings (SSSR count). The second-order valence-electron chi connectivity index (χ2n) is 7.23. The summed E-state index contributed by atoms with van der Waals surface area (Å²) in [5.41, 5.74) is 1.01. The summed E-state index contributed by atoms with van der Waals surface area (Å²) in [6, 6.07) is 7.83. The zero-order chi connectivity index (χ0) is 18.7. The van der Waals surface area contributed by atoms with E-state index in [-0.39, 0.29) is 11.2 Å². The van der Waals surface area contributed by atoms with Gasteiger partial charge in [-0.05, 0) is 49.4 Å². The first kappa shape index (κ1) is 18.8. The minimum absolute atomic E-state index is 0.160. The van der Waals surface area contributed by atoms with Crippen LogP contribution in [0.25, 0.3) is 5.69 Å². The number of piperidine rings is 1. The van der Waals surface area contributed by atoms with Gasteiger partial charge >= 0.3 is 0 Å². The van der Waals surface area contributed by atoms with E-state index in [1.807, 2.05) is 46.9 Å². The van der Waals surface area contributed by atoms with E-state index in [0.717, 1.165) is 29.7 Å². The fourth-order valence-electron chi connectivity index (χ4n) is 3.62. The van der Waals surface area contributed by atoms with Crippen LogP contribution in [-0.2, 0) is 4.79 Å². The molecule has 0 spiro atoms. The van der Waals surface area contributed by atoms with Crippen molar-refractivity contribution in [2.45, 2.75) is 37.6 Å². The van der Waals surface area contributed by atoms with E-state index in [1.165, 1.54) is 18.2 Å². The monoisotopic (exact) mass is 373 g/mol. The molecule has 140 valence electrons. The number of methoxy groups -OCH3 is 1. The lowest BCUT2D eigenvalue weighted by molar-refractivity contribution is -0.132. The average Bonchev–Trinajstić information content (AvgIpc) is 3.08. The van der Waals surface area contributed by atoms with Crippen molar-refractivity contribution in [3.05, 3.63) is 36.7 Å². The van der Waals surface area contributed by atoms with Gasteiger partial charge in [0.2, 0.25) is 5.91 Å². The van der Waals surface area contributed by atoms with E-state index < -0.39 is 0 Å². The molecule has 0 bridgehead atoms. The molecule has 1 fully saturated rings. The number of hydrogen-bond acceptors (Lipinski definition) is 4. The second-order valence-corrected chi connectivity index (χ2v) is 8.54. The highest BCUT2D eigenvalue weighted by Crippen LogP contribution is 2.28. The van der Waals surface area contributed by atoms with Gasteiger partial charge in [-0.3, -0.25) is 9.36 Å². The summed E-state index contributed by atoms with van der Waals surface area (Å²) < 4.78 is 7.23. The molecule has 1 amide bonds. The van der Waals surface area contributed by atoms with Crippen LogP contribution in [0.2, 0.25) is 0 Å². The van der Waals surface area contributed by atoms with Gasteiger partial charge < -0.3 is 9.64 Å². The fourth-order valence-corrected chi connectivity index (χ4v) is 4.59. The minimum Gasteiger partial charge on any atom is -0.497 e. The Bertz CT molecular complexity index is 734. The lowest BCUT2D eigenvalue weighted by Gasteiger charge is -2.36. The van der Waals surface area contributed by atoms with Crippen LogP contribution in [0.4, 0.5) is 0 Å². The summed E-state index contributed by atoms with van der Waals surface area (Å²) in [5.74, 6) is 2.17. The predicted molar refractivity (Wildman–Crippen MR) is 105 cm³/mol. The highest BCUT2D eigenvalue weighted by atomic mass is 32.2. The summed E-state index contributed by atoms with van der Waals surface area (Å²) in [6.07, 6.45) is 4.90. The third kappa shape index (κ3) is 4.23. The van der Waals surface area contributed by atoms with Crippen LogP contribution in [0, 0.1) is 11.8 Å². The number of likely N-dealkylation sites (tertiary alicyclic amines) is 1. The number of amides is 1. The Morgan fingerprint density at radius 2 is 1.88 bits per heavy atom. The predicted octanol–water partition coefficient (Wildman–Crippen LogP) is 3.87. The molecular formula is C20H27N3O2S. The maximum Gasteiger partial charge on any atom is 0.235 e. The van der Waals surface area contributed by atoms with Crippen LogP contribution in [0.5, 0.6) is 5.75 Å². The van der Waals surface area contributed by atoms with Crippen molar-refractivity contribution in [2.24, 2.45) is 11.8 Å². The van der Waals surface area contributed by atoms with Crippen LogP contribution in [0.3, 0.4) is 0 Å². The molecule has 3 atom stereocenters. The number of aromatic nitrogens is 2. The van der Waals surface area contributed by atoms with Crippen LogP contribution in [0.1, 0.15) is 27.2 Å². The molecule has 2 aromatic rings. The Labute approximate surface area is 159 Å². The molecule has 0 N–H and O–H groups in total. The number of imidazole rings is 1. The molecule has 3 unspecified atom stereocenters. The number of hydrogen-bond donors (Lipinski definition) is 0. The Hall–Kier alpha value is -1.95. The number of carbonyl (C=O) groups is 1. The van der Waals surface area contributed by atoms with Gasteiger partial charge in [0.15, 0.2) is 5.16 Å². The molecule has 2 heterocycles. The van der Waals surface area contributed by atoms with Crippen molar-refractivity contribution in [1.29, 1.82) is 0 Å². The first-order chi connectivity index (χ1) is 12.5. The first-order valence-electron chi connectivity index (χ1n) is 9.11. The molecule has 1 saturated heterocycles. The van der Waals surface area contributed by atoms with Crippen molar-refractivity contribution in [2.75, 3.05) is 20.2 Å². The quantitative estimate of drug-likeness (QED) is 0.747. The summed E-state index contributed by atoms with van der Waals surface area (Å²) in [7, 11) is 1.66. The van der Waals surface area contributed by atoms with Crippen LogP contribution < -0.4 is 4.74 Å². The molecule has 1 aromatic carbocycles. The zero-order valence-electron chi connectivity index (χ0n) is 15.9. The first-order valence-corrected chi connectivity index (χ1v) is 9.99. The van der Waals surface area contributed by atoms with Gasteiger partial charge in [-0.1, -0.05) is 25.6 Å². The van der Waals surface area contributed by atoms with Gasteiger partial charge in [-0.2, -0.15) is 0 Å². The number of carbonyl (C=O) groups excluding carboxylic acids is 1. The number of ether oxygens (including phenoxy) is 1. The van der Waals surface area contributed by atoms with Gasteiger partial charge in [0.25, 0.3) is 0 Å². The van der Waals surface area contributed by atoms with Crippen molar-refractivity contribution < 1.29 is 9.53 Å². The highest BCUT2D eigenvalue weighted by Gasteiger charge is 2.29. The highest BCUT2D eigenvalue weighted by molar-refractivity contribution is 8.00. The Morgan fingerprint density at radius 1 is 1.23 bits per heavy atom. The van der Waals surface area contributed by atoms with E-state index in [1.54, 1.807) is 13.3 Å². The molecule has 1 aromatic heterocycles. The SMILES string of the molecule is COc1ccc(-n2ccnc2SC(C)C(=O)N2CC(C)CC(C)C2)cc1. The molecule has 6 heteroatoms. The lowest BCUT2D eigenvalue weighted by Crippen LogP contribution is -2.45. The summed E-state index contributed by atoms with van der Waals surface area (Å²) in [4.78, 5) is 19.4. The normalized spacial score (nSPS) is 21.5. The zero-order valence-corrected chi connectivity index (χ0v) is 16.7. The van der Waals surface area contributed by atoms with Crippen molar-refractivity contribution in [1.82, 2.24) is 14.5 Å². The fraction of sp³-hybridized carbons (Fsp3) is 0.500. The third-order valence-corrected chi connectivity index (χ3v) is 5.84.